The molecule has 7 heteroatoms. The van der Waals surface area contributed by atoms with Gasteiger partial charge < -0.3 is 20.3 Å². The van der Waals surface area contributed by atoms with Crippen molar-refractivity contribution in [2.75, 3.05) is 32.8 Å². The molecule has 2 N–H and O–H groups in total. The molecular weight excluding hydrogens is 374 g/mol. The lowest BCUT2D eigenvalue weighted by Crippen LogP contribution is -2.53. The average molecular weight is 398 g/mol. The molecule has 2 unspecified atom stereocenters. The van der Waals surface area contributed by atoms with E-state index < -0.39 is 0 Å². The van der Waals surface area contributed by atoms with E-state index in [4.69, 9.17) is 10.5 Å². The number of ether oxygens (including phenoxy) is 1. The summed E-state index contributed by atoms with van der Waals surface area (Å²) in [4.78, 5) is 28.0. The minimum atomic E-state index is -0.201. The van der Waals surface area contributed by atoms with E-state index in [0.717, 1.165) is 4.47 Å². The van der Waals surface area contributed by atoms with Crippen LogP contribution in [0.15, 0.2) is 28.7 Å². The fourth-order valence-corrected chi connectivity index (χ4v) is 2.72. The van der Waals surface area contributed by atoms with Gasteiger partial charge in [-0.25, -0.2) is 0 Å². The predicted molar refractivity (Wildman–Crippen MR) is 95.6 cm³/mol. The van der Waals surface area contributed by atoms with Crippen LogP contribution in [-0.2, 0) is 9.59 Å². The summed E-state index contributed by atoms with van der Waals surface area (Å²) in [5.74, 6) is 0.451. The first-order valence-corrected chi connectivity index (χ1v) is 8.88. The molecule has 24 heavy (non-hydrogen) atoms. The molecule has 2 rings (SSSR count). The molecule has 6 nitrogen and oxygen atoms in total. The Morgan fingerprint density at radius 1 is 1.12 bits per heavy atom. The van der Waals surface area contributed by atoms with Gasteiger partial charge in [0.15, 0.2) is 6.61 Å². The average Bonchev–Trinajstić information content (AvgIpc) is 2.59. The van der Waals surface area contributed by atoms with E-state index in [2.05, 4.69) is 15.9 Å². The highest BCUT2D eigenvalue weighted by atomic mass is 79.9. The minimum Gasteiger partial charge on any atom is -0.484 e. The lowest BCUT2D eigenvalue weighted by atomic mass is 10.0. The van der Waals surface area contributed by atoms with E-state index in [1.165, 1.54) is 0 Å². The molecule has 0 aromatic heterocycles. The zero-order chi connectivity index (χ0) is 17.7. The molecule has 2 amide bonds. The van der Waals surface area contributed by atoms with E-state index in [0.29, 0.717) is 31.9 Å². The van der Waals surface area contributed by atoms with Gasteiger partial charge >= 0.3 is 0 Å². The molecule has 0 bridgehead atoms. The van der Waals surface area contributed by atoms with Crippen molar-refractivity contribution in [3.63, 3.8) is 0 Å². The SMILES string of the molecule is CC(N)C(C)C(=O)N1CCN(C(=O)COc2ccc(Br)cc2)CC1. The monoisotopic (exact) mass is 397 g/mol. The summed E-state index contributed by atoms with van der Waals surface area (Å²) in [6.45, 7) is 5.82. The lowest BCUT2D eigenvalue weighted by molar-refractivity contribution is -0.143. The Bertz CT molecular complexity index is 569. The van der Waals surface area contributed by atoms with Crippen LogP contribution in [0.1, 0.15) is 13.8 Å². The number of piperazine rings is 1. The van der Waals surface area contributed by atoms with Gasteiger partial charge in [-0.15, -0.1) is 0 Å². The van der Waals surface area contributed by atoms with Crippen molar-refractivity contribution in [3.05, 3.63) is 28.7 Å². The summed E-state index contributed by atoms with van der Waals surface area (Å²) in [5.41, 5.74) is 5.79. The number of hydrogen-bond donors (Lipinski definition) is 1. The Morgan fingerprint density at radius 3 is 2.21 bits per heavy atom. The van der Waals surface area contributed by atoms with Gasteiger partial charge in [-0.1, -0.05) is 22.9 Å². The standard InChI is InChI=1S/C17H24BrN3O3/c1-12(13(2)19)17(23)21-9-7-20(8-10-21)16(22)11-24-15-5-3-14(18)4-6-15/h3-6,12-13H,7-11,19H2,1-2H3. The van der Waals surface area contributed by atoms with E-state index in [9.17, 15) is 9.59 Å². The van der Waals surface area contributed by atoms with Crippen molar-refractivity contribution in [1.29, 1.82) is 0 Å². The van der Waals surface area contributed by atoms with Crippen molar-refractivity contribution in [3.8, 4) is 5.75 Å². The number of hydrogen-bond acceptors (Lipinski definition) is 4. The van der Waals surface area contributed by atoms with Gasteiger partial charge in [0.05, 0.1) is 5.92 Å². The van der Waals surface area contributed by atoms with E-state index in [-0.39, 0.29) is 30.4 Å². The minimum absolute atomic E-state index is 0.00577. The molecule has 1 aromatic rings. The van der Waals surface area contributed by atoms with Crippen LogP contribution < -0.4 is 10.5 Å². The van der Waals surface area contributed by atoms with E-state index in [1.54, 1.807) is 9.80 Å². The van der Waals surface area contributed by atoms with Crippen LogP contribution in [0.3, 0.4) is 0 Å². The van der Waals surface area contributed by atoms with Crippen molar-refractivity contribution in [2.45, 2.75) is 19.9 Å². The van der Waals surface area contributed by atoms with Gasteiger partial charge in [-0.3, -0.25) is 9.59 Å². The molecule has 1 aliphatic heterocycles. The summed E-state index contributed by atoms with van der Waals surface area (Å²) in [6.07, 6.45) is 0. The highest BCUT2D eigenvalue weighted by Crippen LogP contribution is 2.16. The maximum atomic E-state index is 12.3. The van der Waals surface area contributed by atoms with Crippen LogP contribution >= 0.6 is 15.9 Å². The van der Waals surface area contributed by atoms with Crippen LogP contribution in [0, 0.1) is 5.92 Å². The van der Waals surface area contributed by atoms with Crippen LogP contribution in [0.25, 0.3) is 0 Å². The van der Waals surface area contributed by atoms with Crippen molar-refractivity contribution < 1.29 is 14.3 Å². The Kier molecular flexibility index (Phi) is 6.62. The fourth-order valence-electron chi connectivity index (χ4n) is 2.46. The summed E-state index contributed by atoms with van der Waals surface area (Å²) in [7, 11) is 0. The molecule has 1 fully saturated rings. The topological polar surface area (TPSA) is 75.9 Å². The summed E-state index contributed by atoms with van der Waals surface area (Å²) in [5, 5.41) is 0. The van der Waals surface area contributed by atoms with Crippen LogP contribution in [0.5, 0.6) is 5.75 Å². The molecule has 0 aliphatic carbocycles. The highest BCUT2D eigenvalue weighted by molar-refractivity contribution is 9.10. The molecule has 2 atom stereocenters. The largest absolute Gasteiger partial charge is 0.484 e. The number of nitrogens with two attached hydrogens (primary N) is 1. The Morgan fingerprint density at radius 2 is 1.67 bits per heavy atom. The van der Waals surface area contributed by atoms with Crippen LogP contribution in [0.4, 0.5) is 0 Å². The summed E-state index contributed by atoms with van der Waals surface area (Å²) >= 11 is 3.35. The fraction of sp³-hybridized carbons (Fsp3) is 0.529. The predicted octanol–water partition coefficient (Wildman–Crippen LogP) is 1.48. The van der Waals surface area contributed by atoms with Crippen molar-refractivity contribution >= 4 is 27.7 Å². The number of carbonyl (C=O) groups excluding carboxylic acids is 2. The van der Waals surface area contributed by atoms with Gasteiger partial charge in [-0.2, -0.15) is 0 Å². The van der Waals surface area contributed by atoms with Gasteiger partial charge in [-0.05, 0) is 31.2 Å². The first-order chi connectivity index (χ1) is 11.4. The number of nitrogens with zero attached hydrogens (tertiary/aromatic N) is 2. The summed E-state index contributed by atoms with van der Waals surface area (Å²) in [6, 6.07) is 7.18. The van der Waals surface area contributed by atoms with Gasteiger partial charge in [0.2, 0.25) is 5.91 Å². The van der Waals surface area contributed by atoms with Crippen molar-refractivity contribution in [2.24, 2.45) is 11.7 Å². The molecule has 1 saturated heterocycles. The summed E-state index contributed by atoms with van der Waals surface area (Å²) < 4.78 is 6.47. The number of halogens is 1. The molecule has 0 saturated carbocycles. The molecular formula is C17H24BrN3O3. The van der Waals surface area contributed by atoms with Crippen LogP contribution in [-0.4, -0.2) is 60.4 Å². The smallest absolute Gasteiger partial charge is 0.260 e. The second-order valence-electron chi connectivity index (χ2n) is 6.10. The van der Waals surface area contributed by atoms with Gasteiger partial charge in [0, 0.05) is 36.7 Å². The normalized spacial score (nSPS) is 17.3. The van der Waals surface area contributed by atoms with E-state index in [1.807, 2.05) is 38.1 Å². The Balaban J connectivity index is 1.78. The third-order valence-electron chi connectivity index (χ3n) is 4.30. The molecule has 132 valence electrons. The zero-order valence-electron chi connectivity index (χ0n) is 14.1. The van der Waals surface area contributed by atoms with Gasteiger partial charge in [0.25, 0.3) is 5.91 Å². The highest BCUT2D eigenvalue weighted by Gasteiger charge is 2.28. The maximum absolute atomic E-state index is 12.3. The maximum Gasteiger partial charge on any atom is 0.260 e. The number of rotatable bonds is 5. The quantitative estimate of drug-likeness (QED) is 0.816. The lowest BCUT2D eigenvalue weighted by Gasteiger charge is -2.36. The number of benzene rings is 1. The molecule has 1 aliphatic rings. The first-order valence-electron chi connectivity index (χ1n) is 8.09. The molecule has 1 aromatic carbocycles. The third kappa shape index (κ3) is 4.95. The molecule has 0 spiro atoms. The van der Waals surface area contributed by atoms with Crippen molar-refractivity contribution in [1.82, 2.24) is 9.80 Å². The van der Waals surface area contributed by atoms with Gasteiger partial charge in [0.1, 0.15) is 5.75 Å². The number of amides is 2. The third-order valence-corrected chi connectivity index (χ3v) is 4.83. The Hall–Kier alpha value is -1.60. The van der Waals surface area contributed by atoms with E-state index >= 15 is 0 Å². The second kappa shape index (κ2) is 8.48. The van der Waals surface area contributed by atoms with Crippen LogP contribution in [0.2, 0.25) is 0 Å². The molecule has 1 heterocycles. The molecule has 0 radical (unpaired) electrons. The second-order valence-corrected chi connectivity index (χ2v) is 7.01. The number of carbonyl (C=O) groups is 2. The Labute approximate surface area is 151 Å². The zero-order valence-corrected chi connectivity index (χ0v) is 15.7. The first kappa shape index (κ1) is 18.7.